The molecule has 1 aromatic rings. The van der Waals surface area contributed by atoms with E-state index in [0.29, 0.717) is 6.42 Å². The molecule has 1 fully saturated rings. The number of ketones is 1. The fourth-order valence-electron chi connectivity index (χ4n) is 2.51. The van der Waals surface area contributed by atoms with Gasteiger partial charge in [0.25, 0.3) is 5.91 Å². The van der Waals surface area contributed by atoms with Crippen molar-refractivity contribution < 1.29 is 9.59 Å². The second kappa shape index (κ2) is 5.34. The van der Waals surface area contributed by atoms with E-state index in [0.717, 1.165) is 30.5 Å². The van der Waals surface area contributed by atoms with E-state index in [9.17, 15) is 9.59 Å². The van der Waals surface area contributed by atoms with Crippen molar-refractivity contribution in [3.05, 3.63) is 35.4 Å². The van der Waals surface area contributed by atoms with Crippen LogP contribution in [0.15, 0.2) is 24.3 Å². The van der Waals surface area contributed by atoms with Crippen molar-refractivity contribution in [1.82, 2.24) is 4.90 Å². The van der Waals surface area contributed by atoms with Crippen LogP contribution in [0.2, 0.25) is 0 Å². The van der Waals surface area contributed by atoms with Gasteiger partial charge in [0.2, 0.25) is 0 Å². The van der Waals surface area contributed by atoms with Crippen LogP contribution in [0.3, 0.4) is 0 Å². The quantitative estimate of drug-likeness (QED) is 0.820. The average molecular weight is 245 g/mol. The Morgan fingerprint density at radius 2 is 1.94 bits per heavy atom. The predicted octanol–water partition coefficient (Wildman–Crippen LogP) is 2.58. The Morgan fingerprint density at radius 1 is 1.28 bits per heavy atom. The molecule has 0 saturated carbocycles. The Bertz CT molecular complexity index is 450. The molecule has 1 amide bonds. The van der Waals surface area contributed by atoms with E-state index in [1.807, 2.05) is 36.1 Å². The zero-order valence-corrected chi connectivity index (χ0v) is 11.0. The number of likely N-dealkylation sites (tertiary alicyclic amines) is 1. The summed E-state index contributed by atoms with van der Waals surface area (Å²) in [6, 6.07) is 7.71. The highest BCUT2D eigenvalue weighted by molar-refractivity contribution is 5.95. The van der Waals surface area contributed by atoms with E-state index in [1.54, 1.807) is 6.92 Å². The molecule has 1 aromatic carbocycles. The van der Waals surface area contributed by atoms with Gasteiger partial charge in [0.05, 0.1) is 0 Å². The lowest BCUT2D eigenvalue weighted by Crippen LogP contribution is -2.36. The number of amides is 1. The lowest BCUT2D eigenvalue weighted by molar-refractivity contribution is -0.117. The summed E-state index contributed by atoms with van der Waals surface area (Å²) in [6.45, 7) is 4.36. The molecule has 2 rings (SSSR count). The van der Waals surface area contributed by atoms with Crippen molar-refractivity contribution in [2.24, 2.45) is 0 Å². The Labute approximate surface area is 108 Å². The molecular formula is C15H19NO2. The van der Waals surface area contributed by atoms with Crippen LogP contribution in [-0.4, -0.2) is 29.2 Å². The second-order valence-corrected chi connectivity index (χ2v) is 5.07. The molecule has 0 spiro atoms. The first-order chi connectivity index (χ1) is 8.58. The molecule has 0 N–H and O–H groups in total. The van der Waals surface area contributed by atoms with Gasteiger partial charge in [-0.25, -0.2) is 0 Å². The second-order valence-electron chi connectivity index (χ2n) is 5.07. The molecule has 1 atom stereocenters. The standard InChI is InChI=1S/C15H19NO2/c1-11-5-7-13(8-6-11)15(18)16-9-3-4-14(16)10-12(2)17/h5-8,14H,3-4,9-10H2,1-2H3. The largest absolute Gasteiger partial charge is 0.335 e. The summed E-state index contributed by atoms with van der Waals surface area (Å²) >= 11 is 0. The number of carbonyl (C=O) groups is 2. The summed E-state index contributed by atoms with van der Waals surface area (Å²) < 4.78 is 0. The molecule has 1 saturated heterocycles. The molecule has 18 heavy (non-hydrogen) atoms. The maximum atomic E-state index is 12.4. The van der Waals surface area contributed by atoms with E-state index < -0.39 is 0 Å². The van der Waals surface area contributed by atoms with Crippen LogP contribution in [0.5, 0.6) is 0 Å². The minimum absolute atomic E-state index is 0.0544. The first-order valence-corrected chi connectivity index (χ1v) is 6.45. The Hall–Kier alpha value is -1.64. The van der Waals surface area contributed by atoms with E-state index in [-0.39, 0.29) is 17.7 Å². The molecule has 1 aliphatic rings. The third-order valence-corrected chi connectivity index (χ3v) is 3.46. The van der Waals surface area contributed by atoms with Gasteiger partial charge in [0.1, 0.15) is 5.78 Å². The zero-order chi connectivity index (χ0) is 13.1. The number of aryl methyl sites for hydroxylation is 1. The van der Waals surface area contributed by atoms with Gasteiger partial charge < -0.3 is 4.90 Å². The fourth-order valence-corrected chi connectivity index (χ4v) is 2.51. The smallest absolute Gasteiger partial charge is 0.254 e. The summed E-state index contributed by atoms with van der Waals surface area (Å²) in [5, 5.41) is 0. The maximum Gasteiger partial charge on any atom is 0.254 e. The molecular weight excluding hydrogens is 226 g/mol. The lowest BCUT2D eigenvalue weighted by atomic mass is 10.1. The summed E-state index contributed by atoms with van der Waals surface area (Å²) in [4.78, 5) is 25.4. The number of benzene rings is 1. The topological polar surface area (TPSA) is 37.4 Å². The normalized spacial score (nSPS) is 19.0. The highest BCUT2D eigenvalue weighted by Gasteiger charge is 2.29. The van der Waals surface area contributed by atoms with Crippen LogP contribution in [0, 0.1) is 6.92 Å². The molecule has 1 unspecified atom stereocenters. The molecule has 1 aliphatic heterocycles. The molecule has 0 aromatic heterocycles. The minimum Gasteiger partial charge on any atom is -0.335 e. The van der Waals surface area contributed by atoms with Gasteiger partial charge in [0, 0.05) is 24.6 Å². The first kappa shape index (κ1) is 12.8. The van der Waals surface area contributed by atoms with Gasteiger partial charge in [-0.2, -0.15) is 0 Å². The van der Waals surface area contributed by atoms with Gasteiger partial charge in [-0.05, 0) is 38.8 Å². The van der Waals surface area contributed by atoms with Crippen LogP contribution < -0.4 is 0 Å². The van der Waals surface area contributed by atoms with Crippen molar-refractivity contribution in [3.63, 3.8) is 0 Å². The molecule has 96 valence electrons. The summed E-state index contributed by atoms with van der Waals surface area (Å²) in [7, 11) is 0. The Morgan fingerprint density at radius 3 is 2.56 bits per heavy atom. The van der Waals surface area contributed by atoms with Crippen molar-refractivity contribution in [2.45, 2.75) is 39.2 Å². The lowest BCUT2D eigenvalue weighted by Gasteiger charge is -2.24. The SMILES string of the molecule is CC(=O)CC1CCCN1C(=O)c1ccc(C)cc1. The monoisotopic (exact) mass is 245 g/mol. The van der Waals surface area contributed by atoms with Crippen LogP contribution in [-0.2, 0) is 4.79 Å². The number of rotatable bonds is 3. The van der Waals surface area contributed by atoms with Gasteiger partial charge in [-0.3, -0.25) is 9.59 Å². The van der Waals surface area contributed by atoms with Crippen LogP contribution in [0.4, 0.5) is 0 Å². The molecule has 3 nitrogen and oxygen atoms in total. The van der Waals surface area contributed by atoms with Gasteiger partial charge in [-0.15, -0.1) is 0 Å². The van der Waals surface area contributed by atoms with E-state index in [1.165, 1.54) is 0 Å². The predicted molar refractivity (Wildman–Crippen MR) is 70.5 cm³/mol. The van der Waals surface area contributed by atoms with Crippen molar-refractivity contribution >= 4 is 11.7 Å². The molecule has 0 aliphatic carbocycles. The summed E-state index contributed by atoms with van der Waals surface area (Å²) in [5.41, 5.74) is 1.87. The number of carbonyl (C=O) groups excluding carboxylic acids is 2. The van der Waals surface area contributed by atoms with Gasteiger partial charge in [0.15, 0.2) is 0 Å². The fraction of sp³-hybridized carbons (Fsp3) is 0.467. The number of hydrogen-bond acceptors (Lipinski definition) is 2. The minimum atomic E-state index is 0.0544. The van der Waals surface area contributed by atoms with E-state index >= 15 is 0 Å². The highest BCUT2D eigenvalue weighted by atomic mass is 16.2. The molecule has 3 heteroatoms. The van der Waals surface area contributed by atoms with Gasteiger partial charge >= 0.3 is 0 Å². The van der Waals surface area contributed by atoms with E-state index in [4.69, 9.17) is 0 Å². The maximum absolute atomic E-state index is 12.4. The van der Waals surface area contributed by atoms with Crippen LogP contribution in [0.1, 0.15) is 42.1 Å². The molecule has 0 bridgehead atoms. The van der Waals surface area contributed by atoms with E-state index in [2.05, 4.69) is 0 Å². The molecule has 0 radical (unpaired) electrons. The third-order valence-electron chi connectivity index (χ3n) is 3.46. The summed E-state index contributed by atoms with van der Waals surface area (Å²) in [6.07, 6.45) is 2.42. The number of Topliss-reactive ketones (excluding diaryl/α,β-unsaturated/α-hetero) is 1. The van der Waals surface area contributed by atoms with Crippen LogP contribution in [0.25, 0.3) is 0 Å². The van der Waals surface area contributed by atoms with Crippen molar-refractivity contribution in [3.8, 4) is 0 Å². The number of hydrogen-bond donors (Lipinski definition) is 0. The Kier molecular flexibility index (Phi) is 3.80. The number of nitrogens with zero attached hydrogens (tertiary/aromatic N) is 1. The van der Waals surface area contributed by atoms with Crippen molar-refractivity contribution in [1.29, 1.82) is 0 Å². The van der Waals surface area contributed by atoms with Crippen molar-refractivity contribution in [2.75, 3.05) is 6.54 Å². The summed E-state index contributed by atoms with van der Waals surface area (Å²) in [5.74, 6) is 0.211. The first-order valence-electron chi connectivity index (χ1n) is 6.45. The van der Waals surface area contributed by atoms with Gasteiger partial charge in [-0.1, -0.05) is 17.7 Å². The highest BCUT2D eigenvalue weighted by Crippen LogP contribution is 2.22. The Balaban J connectivity index is 2.12. The third kappa shape index (κ3) is 2.78. The van der Waals surface area contributed by atoms with Crippen LogP contribution >= 0.6 is 0 Å². The molecule has 1 heterocycles. The average Bonchev–Trinajstić information content (AvgIpc) is 2.76. The zero-order valence-electron chi connectivity index (χ0n) is 11.0.